The van der Waals surface area contributed by atoms with E-state index >= 15 is 0 Å². The van der Waals surface area contributed by atoms with Gasteiger partial charge in [0.05, 0.1) is 28.4 Å². The van der Waals surface area contributed by atoms with Gasteiger partial charge in [-0.25, -0.2) is 4.98 Å². The van der Waals surface area contributed by atoms with E-state index in [0.717, 1.165) is 10.6 Å². The molecular weight excluding hydrogens is 268 g/mol. The summed E-state index contributed by atoms with van der Waals surface area (Å²) in [5, 5.41) is 28.9. The van der Waals surface area contributed by atoms with Crippen molar-refractivity contribution < 1.29 is 20.1 Å². The summed E-state index contributed by atoms with van der Waals surface area (Å²) < 4.78 is 5.48. The first kappa shape index (κ1) is 12.8. The van der Waals surface area contributed by atoms with E-state index in [1.807, 2.05) is 0 Å². The summed E-state index contributed by atoms with van der Waals surface area (Å²) in [6.07, 6.45) is -0.248. The number of aliphatic hydroxyl groups is 3. The van der Waals surface area contributed by atoms with Gasteiger partial charge in [-0.1, -0.05) is 6.58 Å². The highest BCUT2D eigenvalue weighted by atomic mass is 32.1. The average molecular weight is 282 g/mol. The molecule has 1 saturated heterocycles. The number of rotatable bonds is 2. The van der Waals surface area contributed by atoms with Gasteiger partial charge in [0.2, 0.25) is 0 Å². The molecule has 0 radical (unpaired) electrons. The quantitative estimate of drug-likeness (QED) is 0.699. The van der Waals surface area contributed by atoms with Crippen molar-refractivity contribution in [2.75, 3.05) is 6.61 Å². The van der Waals surface area contributed by atoms with Crippen molar-refractivity contribution in [1.82, 2.24) is 9.88 Å². The van der Waals surface area contributed by atoms with Crippen molar-refractivity contribution in [3.63, 3.8) is 0 Å². The molecule has 2 aliphatic heterocycles. The number of aromatic nitrogens is 1. The maximum Gasteiger partial charge on any atom is 0.163 e. The van der Waals surface area contributed by atoms with Crippen molar-refractivity contribution >= 4 is 23.1 Å². The van der Waals surface area contributed by atoms with Crippen molar-refractivity contribution in [3.05, 3.63) is 28.9 Å². The lowest BCUT2D eigenvalue weighted by atomic mass is 10.1. The minimum Gasteiger partial charge on any atom is -0.394 e. The van der Waals surface area contributed by atoms with Gasteiger partial charge in [0, 0.05) is 6.20 Å². The van der Waals surface area contributed by atoms with Crippen LogP contribution in [0.2, 0.25) is 0 Å². The molecule has 0 bridgehead atoms. The van der Waals surface area contributed by atoms with E-state index in [0.29, 0.717) is 5.70 Å². The first-order valence-corrected chi connectivity index (χ1v) is 6.73. The molecule has 1 fully saturated rings. The third-order valence-electron chi connectivity index (χ3n) is 3.35. The molecule has 6 nitrogen and oxygen atoms in total. The van der Waals surface area contributed by atoms with E-state index in [4.69, 9.17) is 9.84 Å². The summed E-state index contributed by atoms with van der Waals surface area (Å²) in [5.74, 6) is 0. The molecule has 2 aliphatic rings. The fraction of sp³-hybridized carbons (Fsp3) is 0.417. The highest BCUT2D eigenvalue weighted by molar-refractivity contribution is 7.11. The largest absolute Gasteiger partial charge is 0.394 e. The maximum atomic E-state index is 10.0. The topological polar surface area (TPSA) is 86.1 Å². The van der Waals surface area contributed by atoms with Gasteiger partial charge < -0.3 is 25.0 Å². The van der Waals surface area contributed by atoms with Gasteiger partial charge in [0.15, 0.2) is 6.23 Å². The van der Waals surface area contributed by atoms with Crippen LogP contribution in [0.25, 0.3) is 11.8 Å². The van der Waals surface area contributed by atoms with Gasteiger partial charge in [-0.15, -0.1) is 11.3 Å². The van der Waals surface area contributed by atoms with Crippen LogP contribution in [0.4, 0.5) is 0 Å². The molecule has 3 N–H and O–H groups in total. The fourth-order valence-corrected chi connectivity index (χ4v) is 3.05. The SMILES string of the molecule is C=C1c2scnc2C=CN1[C@@H]1O[C@H](CO)C(O)[C@@H]1O. The molecular formula is C12H14N2O4S. The second-order valence-electron chi connectivity index (χ2n) is 4.47. The van der Waals surface area contributed by atoms with Crippen LogP contribution in [-0.2, 0) is 4.74 Å². The van der Waals surface area contributed by atoms with Crippen LogP contribution in [0.1, 0.15) is 10.6 Å². The van der Waals surface area contributed by atoms with E-state index in [9.17, 15) is 10.2 Å². The van der Waals surface area contributed by atoms with Crippen LogP contribution >= 0.6 is 11.3 Å². The Balaban J connectivity index is 1.87. The normalized spacial score (nSPS) is 33.8. The van der Waals surface area contributed by atoms with E-state index in [2.05, 4.69) is 11.6 Å². The molecule has 19 heavy (non-hydrogen) atoms. The molecule has 0 saturated carbocycles. The maximum absolute atomic E-state index is 10.0. The first-order valence-electron chi connectivity index (χ1n) is 5.85. The van der Waals surface area contributed by atoms with E-state index in [1.165, 1.54) is 11.3 Å². The Morgan fingerprint density at radius 2 is 2.21 bits per heavy atom. The lowest BCUT2D eigenvalue weighted by Gasteiger charge is -2.32. The zero-order valence-electron chi connectivity index (χ0n) is 10.0. The smallest absolute Gasteiger partial charge is 0.163 e. The van der Waals surface area contributed by atoms with Gasteiger partial charge in [0.25, 0.3) is 0 Å². The minimum atomic E-state index is -1.11. The Kier molecular flexibility index (Phi) is 3.15. The van der Waals surface area contributed by atoms with Gasteiger partial charge in [-0.3, -0.25) is 0 Å². The highest BCUT2D eigenvalue weighted by Gasteiger charge is 2.45. The van der Waals surface area contributed by atoms with Crippen molar-refractivity contribution in [2.45, 2.75) is 24.5 Å². The van der Waals surface area contributed by atoms with Gasteiger partial charge >= 0.3 is 0 Å². The Morgan fingerprint density at radius 1 is 1.42 bits per heavy atom. The second-order valence-corrected chi connectivity index (χ2v) is 5.32. The van der Waals surface area contributed by atoms with Gasteiger partial charge in [-0.05, 0) is 6.08 Å². The number of nitrogens with zero attached hydrogens (tertiary/aromatic N) is 2. The van der Waals surface area contributed by atoms with Crippen LogP contribution in [0, 0.1) is 0 Å². The second kappa shape index (κ2) is 4.69. The predicted molar refractivity (Wildman–Crippen MR) is 69.8 cm³/mol. The van der Waals surface area contributed by atoms with Crippen LogP contribution in [0.15, 0.2) is 18.3 Å². The van der Waals surface area contributed by atoms with Crippen LogP contribution < -0.4 is 0 Å². The Labute approximate surface area is 113 Å². The standard InChI is InChI=1S/C12H14N2O4S/c1-6-11-7(13-5-19-11)2-3-14(6)12-10(17)9(16)8(4-15)18-12/h2-3,5,8-10,12,15-17H,1,4H2/t8-,9?,10+,12-/m1/s1. The van der Waals surface area contributed by atoms with Gasteiger partial charge in [0.1, 0.15) is 18.3 Å². The molecule has 1 unspecified atom stereocenters. The summed E-state index contributed by atoms with van der Waals surface area (Å²) in [6, 6.07) is 0. The zero-order valence-corrected chi connectivity index (χ0v) is 10.8. The molecule has 0 spiro atoms. The number of hydrogen-bond donors (Lipinski definition) is 3. The third-order valence-corrected chi connectivity index (χ3v) is 4.24. The number of hydrogen-bond acceptors (Lipinski definition) is 7. The number of thiazole rings is 1. The molecule has 0 amide bonds. The van der Waals surface area contributed by atoms with Crippen molar-refractivity contribution in [3.8, 4) is 0 Å². The zero-order chi connectivity index (χ0) is 13.6. The monoisotopic (exact) mass is 282 g/mol. The van der Waals surface area contributed by atoms with Crippen molar-refractivity contribution in [1.29, 1.82) is 0 Å². The Morgan fingerprint density at radius 3 is 2.89 bits per heavy atom. The lowest BCUT2D eigenvalue weighted by molar-refractivity contribution is -0.0613. The predicted octanol–water partition coefficient (Wildman–Crippen LogP) is -0.161. The Bertz CT molecular complexity index is 530. The average Bonchev–Trinajstić information content (AvgIpc) is 2.98. The molecule has 3 heterocycles. The molecule has 1 aromatic rings. The van der Waals surface area contributed by atoms with Gasteiger partial charge in [-0.2, -0.15) is 0 Å². The van der Waals surface area contributed by atoms with E-state index in [-0.39, 0.29) is 6.61 Å². The Hall–Kier alpha value is -1.25. The summed E-state index contributed by atoms with van der Waals surface area (Å²) in [4.78, 5) is 6.74. The lowest BCUT2D eigenvalue weighted by Crippen LogP contribution is -2.41. The molecule has 7 heteroatoms. The molecule has 102 valence electrons. The summed E-state index contributed by atoms with van der Waals surface area (Å²) in [7, 11) is 0. The minimum absolute atomic E-state index is 0.343. The van der Waals surface area contributed by atoms with E-state index in [1.54, 1.807) is 22.7 Å². The number of fused-ring (bicyclic) bond motifs is 1. The van der Waals surface area contributed by atoms with Crippen molar-refractivity contribution in [2.24, 2.45) is 0 Å². The van der Waals surface area contributed by atoms with E-state index < -0.39 is 24.5 Å². The fourth-order valence-electron chi connectivity index (χ4n) is 2.30. The third kappa shape index (κ3) is 1.90. The van der Waals surface area contributed by atoms with Crippen LogP contribution in [0.5, 0.6) is 0 Å². The highest BCUT2D eigenvalue weighted by Crippen LogP contribution is 2.35. The molecule has 4 atom stereocenters. The summed E-state index contributed by atoms with van der Waals surface area (Å²) in [5.41, 5.74) is 3.22. The number of aliphatic hydroxyl groups excluding tert-OH is 3. The van der Waals surface area contributed by atoms with Crippen LogP contribution in [0.3, 0.4) is 0 Å². The molecule has 0 aliphatic carbocycles. The summed E-state index contributed by atoms with van der Waals surface area (Å²) in [6.45, 7) is 3.63. The number of ether oxygens (including phenoxy) is 1. The molecule has 0 aromatic carbocycles. The summed E-state index contributed by atoms with van der Waals surface area (Å²) >= 11 is 1.45. The molecule has 3 rings (SSSR count). The first-order chi connectivity index (χ1) is 9.13. The molecule has 1 aromatic heterocycles. The van der Waals surface area contributed by atoms with Crippen LogP contribution in [-0.4, -0.2) is 56.4 Å².